The van der Waals surface area contributed by atoms with Crippen molar-refractivity contribution in [3.63, 3.8) is 0 Å². The lowest BCUT2D eigenvalue weighted by Gasteiger charge is -2.52. The summed E-state index contributed by atoms with van der Waals surface area (Å²) in [6.45, 7) is 0.827. The molecule has 0 aliphatic carbocycles. The molecule has 0 radical (unpaired) electrons. The van der Waals surface area contributed by atoms with Crippen molar-refractivity contribution < 1.29 is 23.5 Å². The second-order valence-corrected chi connectivity index (χ2v) is 8.74. The monoisotopic (exact) mass is 439 g/mol. The molecule has 168 valence electrons. The topological polar surface area (TPSA) is 71.1 Å². The average molecular weight is 439 g/mol. The molecule has 1 spiro atoms. The van der Waals surface area contributed by atoms with Gasteiger partial charge in [-0.25, -0.2) is 9.18 Å². The summed E-state index contributed by atoms with van der Waals surface area (Å²) in [6.07, 6.45) is 1.65. The molecule has 3 amide bonds. The highest BCUT2D eigenvalue weighted by atomic mass is 19.1. The third-order valence-electron chi connectivity index (χ3n) is 6.67. The predicted molar refractivity (Wildman–Crippen MR) is 116 cm³/mol. The molecule has 2 fully saturated rings. The van der Waals surface area contributed by atoms with Crippen molar-refractivity contribution in [3.05, 3.63) is 53.8 Å². The SMILES string of the molecule is CN1COc2ccccc2-c2cccc(c2F)CC2N(CCCC23COCC(=O)N3)C1=O. The molecular weight excluding hydrogens is 413 g/mol. The number of fused-ring (bicyclic) bond motifs is 6. The number of carbonyl (C=O) groups is 2. The fourth-order valence-corrected chi connectivity index (χ4v) is 5.12. The molecule has 2 saturated heterocycles. The van der Waals surface area contributed by atoms with Gasteiger partial charge in [-0.1, -0.05) is 36.4 Å². The first-order valence-electron chi connectivity index (χ1n) is 10.9. The van der Waals surface area contributed by atoms with Gasteiger partial charge in [0.1, 0.15) is 18.2 Å². The normalized spacial score (nSPS) is 25.8. The maximum absolute atomic E-state index is 15.8. The van der Waals surface area contributed by atoms with Crippen LogP contribution in [0.15, 0.2) is 42.5 Å². The highest BCUT2D eigenvalue weighted by molar-refractivity contribution is 5.80. The van der Waals surface area contributed by atoms with Gasteiger partial charge in [-0.2, -0.15) is 0 Å². The third kappa shape index (κ3) is 3.48. The van der Waals surface area contributed by atoms with Crippen LogP contribution in [-0.2, 0) is 16.0 Å². The summed E-state index contributed by atoms with van der Waals surface area (Å²) in [6, 6.07) is 11.9. The van der Waals surface area contributed by atoms with Crippen molar-refractivity contribution in [1.82, 2.24) is 15.1 Å². The zero-order chi connectivity index (χ0) is 22.3. The largest absolute Gasteiger partial charge is 0.472 e. The van der Waals surface area contributed by atoms with E-state index in [4.69, 9.17) is 9.47 Å². The van der Waals surface area contributed by atoms with Crippen molar-refractivity contribution in [2.75, 3.05) is 33.5 Å². The van der Waals surface area contributed by atoms with Crippen molar-refractivity contribution in [2.45, 2.75) is 30.8 Å². The number of nitrogens with one attached hydrogen (secondary N) is 1. The Morgan fingerprint density at radius 3 is 2.78 bits per heavy atom. The Morgan fingerprint density at radius 1 is 1.12 bits per heavy atom. The number of morpholine rings is 1. The smallest absolute Gasteiger partial charge is 0.322 e. The second kappa shape index (κ2) is 8.09. The number of hydrogen-bond donors (Lipinski definition) is 1. The summed E-state index contributed by atoms with van der Waals surface area (Å²) in [7, 11) is 1.69. The molecule has 1 N–H and O–H groups in total. The molecule has 0 aromatic heterocycles. The Kier molecular flexibility index (Phi) is 5.25. The molecule has 2 aromatic carbocycles. The van der Waals surface area contributed by atoms with Crippen LogP contribution in [-0.4, -0.2) is 66.9 Å². The molecule has 2 unspecified atom stereocenters. The van der Waals surface area contributed by atoms with Gasteiger partial charge in [-0.05, 0) is 30.9 Å². The minimum Gasteiger partial charge on any atom is -0.472 e. The molecule has 3 heterocycles. The van der Waals surface area contributed by atoms with Gasteiger partial charge in [0, 0.05) is 24.7 Å². The zero-order valence-corrected chi connectivity index (χ0v) is 18.0. The van der Waals surface area contributed by atoms with E-state index in [2.05, 4.69) is 5.32 Å². The van der Waals surface area contributed by atoms with Gasteiger partial charge < -0.3 is 19.7 Å². The number of benzene rings is 2. The van der Waals surface area contributed by atoms with E-state index in [9.17, 15) is 9.59 Å². The number of amides is 3. The number of hydrogen-bond acceptors (Lipinski definition) is 4. The van der Waals surface area contributed by atoms with Gasteiger partial charge in [0.2, 0.25) is 5.91 Å². The van der Waals surface area contributed by atoms with Crippen LogP contribution < -0.4 is 10.1 Å². The number of carbonyl (C=O) groups excluding carboxylic acids is 2. The van der Waals surface area contributed by atoms with Crippen LogP contribution in [0.3, 0.4) is 0 Å². The van der Waals surface area contributed by atoms with Crippen LogP contribution in [0.25, 0.3) is 11.1 Å². The van der Waals surface area contributed by atoms with Crippen LogP contribution in [0.4, 0.5) is 9.18 Å². The quantitative estimate of drug-likeness (QED) is 0.685. The van der Waals surface area contributed by atoms with E-state index < -0.39 is 11.6 Å². The van der Waals surface area contributed by atoms with Crippen molar-refractivity contribution in [2.24, 2.45) is 0 Å². The van der Waals surface area contributed by atoms with Crippen molar-refractivity contribution in [1.29, 1.82) is 0 Å². The van der Waals surface area contributed by atoms with E-state index in [1.54, 1.807) is 30.1 Å². The summed E-state index contributed by atoms with van der Waals surface area (Å²) >= 11 is 0. The molecule has 32 heavy (non-hydrogen) atoms. The molecule has 3 aliphatic rings. The first-order valence-corrected chi connectivity index (χ1v) is 10.9. The molecule has 2 atom stereocenters. The lowest BCUT2D eigenvalue weighted by molar-refractivity contribution is -0.140. The predicted octanol–water partition coefficient (Wildman–Crippen LogP) is 2.79. The molecule has 3 aliphatic heterocycles. The molecule has 0 saturated carbocycles. The second-order valence-electron chi connectivity index (χ2n) is 8.74. The first-order chi connectivity index (χ1) is 15.5. The van der Waals surface area contributed by atoms with Crippen LogP contribution >= 0.6 is 0 Å². The van der Waals surface area contributed by atoms with Crippen LogP contribution in [0.5, 0.6) is 5.75 Å². The molecule has 2 bridgehead atoms. The van der Waals surface area contributed by atoms with Gasteiger partial charge in [0.15, 0.2) is 6.73 Å². The lowest BCUT2D eigenvalue weighted by Crippen LogP contribution is -2.72. The summed E-state index contributed by atoms with van der Waals surface area (Å²) in [5, 5.41) is 3.09. The molecular formula is C24H26FN3O4. The summed E-state index contributed by atoms with van der Waals surface area (Å²) < 4.78 is 27.4. The molecule has 5 rings (SSSR count). The number of piperidine rings is 1. The Bertz CT molecular complexity index is 1060. The van der Waals surface area contributed by atoms with E-state index in [0.29, 0.717) is 41.8 Å². The van der Waals surface area contributed by atoms with Gasteiger partial charge in [-0.3, -0.25) is 9.69 Å². The van der Waals surface area contributed by atoms with Gasteiger partial charge in [0.05, 0.1) is 18.2 Å². The summed E-state index contributed by atoms with van der Waals surface area (Å²) in [4.78, 5) is 29.0. The van der Waals surface area contributed by atoms with Crippen LogP contribution in [0, 0.1) is 5.82 Å². The maximum atomic E-state index is 15.8. The number of urea groups is 1. The standard InChI is InChI=1S/C24H26FN3O4/c1-27-15-32-19-9-3-2-7-17(19)18-8-4-6-16(22(18)25)12-20-24(14-31-13-21(29)26-24)10-5-11-28(20)23(27)30/h2-4,6-9,20H,5,10-15H2,1H3,(H,26,29). The molecule has 2 aromatic rings. The highest BCUT2D eigenvalue weighted by Crippen LogP contribution is 2.37. The van der Waals surface area contributed by atoms with Crippen LogP contribution in [0.1, 0.15) is 18.4 Å². The van der Waals surface area contributed by atoms with Crippen molar-refractivity contribution in [3.8, 4) is 16.9 Å². The van der Waals surface area contributed by atoms with Gasteiger partial charge in [0.25, 0.3) is 0 Å². The van der Waals surface area contributed by atoms with E-state index in [0.717, 1.165) is 0 Å². The Balaban J connectivity index is 1.65. The molecule has 8 heteroatoms. The fourth-order valence-electron chi connectivity index (χ4n) is 5.12. The highest BCUT2D eigenvalue weighted by Gasteiger charge is 2.50. The number of para-hydroxylation sites is 1. The number of nitrogens with zero attached hydrogens (tertiary/aromatic N) is 2. The average Bonchev–Trinajstić information content (AvgIpc) is 2.79. The van der Waals surface area contributed by atoms with Crippen LogP contribution in [0.2, 0.25) is 0 Å². The Labute approximate surface area is 186 Å². The van der Waals surface area contributed by atoms with E-state index in [1.165, 1.54) is 4.90 Å². The van der Waals surface area contributed by atoms with E-state index >= 15 is 4.39 Å². The number of halogens is 1. The maximum Gasteiger partial charge on any atom is 0.322 e. The Morgan fingerprint density at radius 2 is 1.94 bits per heavy atom. The zero-order valence-electron chi connectivity index (χ0n) is 18.0. The van der Waals surface area contributed by atoms with Gasteiger partial charge in [-0.15, -0.1) is 0 Å². The fraction of sp³-hybridized carbons (Fsp3) is 0.417. The molecule has 7 nitrogen and oxygen atoms in total. The number of rotatable bonds is 0. The Hall–Kier alpha value is -3.13. The number of ether oxygens (including phenoxy) is 2. The van der Waals surface area contributed by atoms with E-state index in [-0.39, 0.29) is 44.1 Å². The summed E-state index contributed by atoms with van der Waals surface area (Å²) in [5.41, 5.74) is 0.824. The summed E-state index contributed by atoms with van der Waals surface area (Å²) in [5.74, 6) is -0.0338. The van der Waals surface area contributed by atoms with Gasteiger partial charge >= 0.3 is 6.03 Å². The van der Waals surface area contributed by atoms with E-state index in [1.807, 2.05) is 24.3 Å². The minimum atomic E-state index is -0.755. The minimum absolute atomic E-state index is 0.00319. The lowest BCUT2D eigenvalue weighted by atomic mass is 9.77. The first kappa shape index (κ1) is 20.8. The third-order valence-corrected chi connectivity index (χ3v) is 6.67. The van der Waals surface area contributed by atoms with Crippen molar-refractivity contribution >= 4 is 11.9 Å².